The van der Waals surface area contributed by atoms with E-state index in [4.69, 9.17) is 5.11 Å². The third-order valence-electron chi connectivity index (χ3n) is 3.52. The van der Waals surface area contributed by atoms with E-state index >= 15 is 0 Å². The number of nitrogens with one attached hydrogen (secondary N) is 1. The Morgan fingerprint density at radius 1 is 1.23 bits per heavy atom. The lowest BCUT2D eigenvalue weighted by Crippen LogP contribution is -2.49. The van der Waals surface area contributed by atoms with Gasteiger partial charge in [-0.2, -0.15) is 0 Å². The average molecular weight is 183 g/mol. The molecule has 0 radical (unpaired) electrons. The maximum atomic E-state index is 11.0. The van der Waals surface area contributed by atoms with Gasteiger partial charge in [0.2, 0.25) is 0 Å². The molecule has 1 saturated carbocycles. The highest BCUT2D eigenvalue weighted by atomic mass is 16.4. The Bertz CT molecular complexity index is 203. The molecular weight excluding hydrogens is 166 g/mol. The summed E-state index contributed by atoms with van der Waals surface area (Å²) < 4.78 is 0. The second kappa shape index (κ2) is 3.66. The minimum atomic E-state index is -0.585. The highest BCUT2D eigenvalue weighted by Gasteiger charge is 2.38. The Morgan fingerprint density at radius 2 is 2.00 bits per heavy atom. The van der Waals surface area contributed by atoms with Crippen LogP contribution in [-0.2, 0) is 4.79 Å². The van der Waals surface area contributed by atoms with Crippen LogP contribution < -0.4 is 5.32 Å². The van der Waals surface area contributed by atoms with Crippen molar-refractivity contribution in [3.63, 3.8) is 0 Å². The second-order valence-corrected chi connectivity index (χ2v) is 4.24. The van der Waals surface area contributed by atoms with Crippen LogP contribution in [0.1, 0.15) is 32.1 Å². The molecule has 1 aliphatic carbocycles. The minimum absolute atomic E-state index is 0.0773. The molecule has 0 bridgehead atoms. The van der Waals surface area contributed by atoms with Crippen molar-refractivity contribution in [2.75, 3.05) is 6.54 Å². The van der Waals surface area contributed by atoms with Crippen LogP contribution in [0.4, 0.5) is 0 Å². The van der Waals surface area contributed by atoms with E-state index in [2.05, 4.69) is 5.32 Å². The third kappa shape index (κ3) is 1.70. The van der Waals surface area contributed by atoms with E-state index in [-0.39, 0.29) is 5.92 Å². The molecule has 1 saturated heterocycles. The van der Waals surface area contributed by atoms with Crippen molar-refractivity contribution in [2.45, 2.75) is 38.1 Å². The summed E-state index contributed by atoms with van der Waals surface area (Å²) in [6, 6.07) is 0.489. The number of aliphatic carboxylic acids is 1. The highest BCUT2D eigenvalue weighted by molar-refractivity contribution is 5.70. The molecule has 2 N–H and O–H groups in total. The standard InChI is InChI=1S/C10H17NO2/c12-10(13)8-5-6-11-9-4-2-1-3-7(8)9/h7-9,11H,1-6H2,(H,12,13)/t7-,8+,9-/m0/s1. The summed E-state index contributed by atoms with van der Waals surface area (Å²) in [5.74, 6) is -0.259. The number of carboxylic acid groups (broad SMARTS) is 1. The molecule has 3 heteroatoms. The van der Waals surface area contributed by atoms with Gasteiger partial charge in [-0.25, -0.2) is 0 Å². The van der Waals surface area contributed by atoms with Crippen LogP contribution in [0.5, 0.6) is 0 Å². The first-order chi connectivity index (χ1) is 6.29. The van der Waals surface area contributed by atoms with E-state index in [9.17, 15) is 4.79 Å². The maximum Gasteiger partial charge on any atom is 0.306 e. The van der Waals surface area contributed by atoms with Gasteiger partial charge in [0, 0.05) is 6.04 Å². The van der Waals surface area contributed by atoms with Crippen LogP contribution in [0.2, 0.25) is 0 Å². The van der Waals surface area contributed by atoms with E-state index in [0.717, 1.165) is 19.4 Å². The summed E-state index contributed by atoms with van der Waals surface area (Å²) in [6.45, 7) is 0.887. The van der Waals surface area contributed by atoms with E-state index in [0.29, 0.717) is 12.0 Å². The molecule has 0 unspecified atom stereocenters. The lowest BCUT2D eigenvalue weighted by Gasteiger charge is -2.40. The molecule has 3 nitrogen and oxygen atoms in total. The van der Waals surface area contributed by atoms with E-state index in [1.54, 1.807) is 0 Å². The number of carbonyl (C=O) groups is 1. The van der Waals surface area contributed by atoms with Gasteiger partial charge in [0.05, 0.1) is 5.92 Å². The van der Waals surface area contributed by atoms with Crippen molar-refractivity contribution >= 4 is 5.97 Å². The zero-order valence-electron chi connectivity index (χ0n) is 7.83. The van der Waals surface area contributed by atoms with Crippen molar-refractivity contribution in [2.24, 2.45) is 11.8 Å². The normalized spacial score (nSPS) is 39.5. The van der Waals surface area contributed by atoms with Gasteiger partial charge in [-0.3, -0.25) is 4.79 Å². The molecular formula is C10H17NO2. The van der Waals surface area contributed by atoms with Gasteiger partial charge in [-0.05, 0) is 31.7 Å². The van der Waals surface area contributed by atoms with Crippen LogP contribution >= 0.6 is 0 Å². The molecule has 74 valence electrons. The van der Waals surface area contributed by atoms with Crippen molar-refractivity contribution in [1.82, 2.24) is 5.32 Å². The fourth-order valence-corrected chi connectivity index (χ4v) is 2.84. The summed E-state index contributed by atoms with van der Waals surface area (Å²) in [6.07, 6.45) is 5.58. The number of piperidine rings is 1. The van der Waals surface area contributed by atoms with Gasteiger partial charge in [-0.1, -0.05) is 12.8 Å². The Hall–Kier alpha value is -0.570. The van der Waals surface area contributed by atoms with Crippen molar-refractivity contribution in [3.05, 3.63) is 0 Å². The average Bonchev–Trinajstić information content (AvgIpc) is 2.17. The first kappa shape index (κ1) is 9.00. The molecule has 1 heterocycles. The first-order valence-corrected chi connectivity index (χ1v) is 5.25. The third-order valence-corrected chi connectivity index (χ3v) is 3.52. The zero-order valence-corrected chi connectivity index (χ0v) is 7.83. The number of rotatable bonds is 1. The maximum absolute atomic E-state index is 11.0. The van der Waals surface area contributed by atoms with Gasteiger partial charge in [0.1, 0.15) is 0 Å². The number of hydrogen-bond donors (Lipinski definition) is 2. The molecule has 0 amide bonds. The first-order valence-electron chi connectivity index (χ1n) is 5.25. The smallest absolute Gasteiger partial charge is 0.306 e. The van der Waals surface area contributed by atoms with Crippen molar-refractivity contribution < 1.29 is 9.90 Å². The van der Waals surface area contributed by atoms with Gasteiger partial charge < -0.3 is 10.4 Å². The predicted octanol–water partition coefficient (Wildman–Crippen LogP) is 1.24. The van der Waals surface area contributed by atoms with Gasteiger partial charge in [0.15, 0.2) is 0 Å². The van der Waals surface area contributed by atoms with Crippen molar-refractivity contribution in [1.29, 1.82) is 0 Å². The Labute approximate surface area is 78.5 Å². The highest BCUT2D eigenvalue weighted by Crippen LogP contribution is 2.34. The number of carboxylic acids is 1. The number of fused-ring (bicyclic) bond motifs is 1. The van der Waals surface area contributed by atoms with Gasteiger partial charge in [-0.15, -0.1) is 0 Å². The van der Waals surface area contributed by atoms with Crippen molar-refractivity contribution in [3.8, 4) is 0 Å². The molecule has 2 rings (SSSR count). The molecule has 1 aliphatic heterocycles. The Morgan fingerprint density at radius 3 is 2.77 bits per heavy atom. The van der Waals surface area contributed by atoms with Crippen LogP contribution in [0.25, 0.3) is 0 Å². The van der Waals surface area contributed by atoms with E-state index < -0.39 is 5.97 Å². The summed E-state index contributed by atoms with van der Waals surface area (Å²) in [5.41, 5.74) is 0. The molecule has 2 fully saturated rings. The fraction of sp³-hybridized carbons (Fsp3) is 0.900. The molecule has 2 aliphatic rings. The SMILES string of the molecule is O=C(O)[C@@H]1CCN[C@H]2CCCC[C@H]21. The summed E-state index contributed by atoms with van der Waals surface area (Å²) in [5, 5.41) is 12.5. The zero-order chi connectivity index (χ0) is 9.26. The molecule has 3 atom stereocenters. The molecule has 0 spiro atoms. The summed E-state index contributed by atoms with van der Waals surface area (Å²) >= 11 is 0. The fourth-order valence-electron chi connectivity index (χ4n) is 2.84. The van der Waals surface area contributed by atoms with E-state index in [1.165, 1.54) is 19.3 Å². The molecule has 0 aromatic rings. The van der Waals surface area contributed by atoms with Gasteiger partial charge >= 0.3 is 5.97 Å². The molecule has 0 aromatic carbocycles. The second-order valence-electron chi connectivity index (χ2n) is 4.24. The largest absolute Gasteiger partial charge is 0.481 e. The van der Waals surface area contributed by atoms with Crippen LogP contribution in [0.15, 0.2) is 0 Å². The lowest BCUT2D eigenvalue weighted by atomic mass is 9.73. The Kier molecular flexibility index (Phi) is 2.54. The molecule has 13 heavy (non-hydrogen) atoms. The van der Waals surface area contributed by atoms with E-state index in [1.807, 2.05) is 0 Å². The van der Waals surface area contributed by atoms with Crippen LogP contribution in [0.3, 0.4) is 0 Å². The van der Waals surface area contributed by atoms with Crippen LogP contribution in [-0.4, -0.2) is 23.7 Å². The summed E-state index contributed by atoms with van der Waals surface area (Å²) in [4.78, 5) is 11.0. The minimum Gasteiger partial charge on any atom is -0.481 e. The predicted molar refractivity (Wildman–Crippen MR) is 49.5 cm³/mol. The quantitative estimate of drug-likeness (QED) is 0.643. The van der Waals surface area contributed by atoms with Gasteiger partial charge in [0.25, 0.3) is 0 Å². The van der Waals surface area contributed by atoms with Crippen LogP contribution in [0, 0.1) is 11.8 Å². The summed E-state index contributed by atoms with van der Waals surface area (Å²) in [7, 11) is 0. The topological polar surface area (TPSA) is 49.3 Å². The lowest BCUT2D eigenvalue weighted by molar-refractivity contribution is -0.145. The monoisotopic (exact) mass is 183 g/mol. The Balaban J connectivity index is 2.06. The number of hydrogen-bond acceptors (Lipinski definition) is 2. The molecule has 0 aromatic heterocycles.